The Kier molecular flexibility index (Phi) is 5.26. The lowest BCUT2D eigenvalue weighted by Crippen LogP contribution is -2.45. The van der Waals surface area contributed by atoms with E-state index in [1.54, 1.807) is 9.58 Å². The Bertz CT molecular complexity index is 1310. The van der Waals surface area contributed by atoms with Gasteiger partial charge in [0.25, 0.3) is 5.91 Å². The van der Waals surface area contributed by atoms with Crippen molar-refractivity contribution in [3.63, 3.8) is 0 Å². The Labute approximate surface area is 192 Å². The number of para-hydroxylation sites is 2. The Morgan fingerprint density at radius 1 is 0.909 bits per heavy atom. The van der Waals surface area contributed by atoms with Gasteiger partial charge in [-0.3, -0.25) is 9.59 Å². The van der Waals surface area contributed by atoms with Crippen molar-refractivity contribution in [2.75, 3.05) is 4.90 Å². The van der Waals surface area contributed by atoms with E-state index in [4.69, 9.17) is 10.8 Å². The minimum atomic E-state index is -0.417. The molecule has 164 valence electrons. The van der Waals surface area contributed by atoms with E-state index in [0.29, 0.717) is 17.8 Å². The van der Waals surface area contributed by atoms with Crippen molar-refractivity contribution in [1.82, 2.24) is 9.78 Å². The van der Waals surface area contributed by atoms with Crippen LogP contribution in [0.25, 0.3) is 16.9 Å². The molecule has 1 aromatic heterocycles. The second-order valence-corrected chi connectivity index (χ2v) is 8.30. The summed E-state index contributed by atoms with van der Waals surface area (Å²) >= 11 is 0. The van der Waals surface area contributed by atoms with Crippen molar-refractivity contribution in [3.8, 4) is 16.9 Å². The molecule has 0 bridgehead atoms. The number of hydrogen-bond donors (Lipinski definition) is 1. The highest BCUT2D eigenvalue weighted by Gasteiger charge is 2.37. The van der Waals surface area contributed by atoms with Gasteiger partial charge in [0.1, 0.15) is 5.69 Å². The van der Waals surface area contributed by atoms with Gasteiger partial charge in [0, 0.05) is 17.3 Å². The quantitative estimate of drug-likeness (QED) is 0.510. The SMILES string of the molecule is C[C@@H]1C[C@@H](C(N)=O)c2ccccc2N1C(=O)c1cc(-c2ccccc2)nn1-c1ccccc1. The fourth-order valence-corrected chi connectivity index (χ4v) is 4.56. The molecule has 2 amide bonds. The molecule has 4 aromatic rings. The molecule has 3 aromatic carbocycles. The second-order valence-electron chi connectivity index (χ2n) is 8.30. The van der Waals surface area contributed by atoms with Crippen molar-refractivity contribution in [2.45, 2.75) is 25.3 Å². The third-order valence-corrected chi connectivity index (χ3v) is 6.15. The summed E-state index contributed by atoms with van der Waals surface area (Å²) in [5.74, 6) is -0.961. The number of hydrogen-bond acceptors (Lipinski definition) is 3. The molecule has 2 N–H and O–H groups in total. The van der Waals surface area contributed by atoms with E-state index in [1.165, 1.54) is 0 Å². The van der Waals surface area contributed by atoms with Gasteiger partial charge in [-0.05, 0) is 43.2 Å². The normalized spacial score (nSPS) is 17.4. The van der Waals surface area contributed by atoms with Gasteiger partial charge in [0.15, 0.2) is 0 Å². The molecule has 5 rings (SSSR count). The summed E-state index contributed by atoms with van der Waals surface area (Å²) in [6.45, 7) is 1.95. The summed E-state index contributed by atoms with van der Waals surface area (Å²) in [6.07, 6.45) is 0.475. The van der Waals surface area contributed by atoms with E-state index >= 15 is 0 Å². The lowest BCUT2D eigenvalue weighted by Gasteiger charge is -2.38. The van der Waals surface area contributed by atoms with Gasteiger partial charge in [-0.2, -0.15) is 5.10 Å². The van der Waals surface area contributed by atoms with Crippen LogP contribution in [-0.2, 0) is 4.79 Å². The van der Waals surface area contributed by atoms with Gasteiger partial charge >= 0.3 is 0 Å². The molecule has 0 radical (unpaired) electrons. The summed E-state index contributed by atoms with van der Waals surface area (Å²) in [5, 5.41) is 4.79. The molecule has 0 spiro atoms. The maximum atomic E-state index is 14.0. The minimum absolute atomic E-state index is 0.170. The monoisotopic (exact) mass is 436 g/mol. The molecule has 2 atom stereocenters. The number of amides is 2. The third kappa shape index (κ3) is 3.69. The standard InChI is InChI=1S/C27H24N4O2/c1-18-16-22(26(28)32)21-14-8-9-15-24(21)30(18)27(33)25-17-23(19-10-4-2-5-11-19)29-31(25)20-12-6-3-7-13-20/h2-15,17-18,22H,16H2,1H3,(H2,28,32)/t18-,22-/m1/s1. The predicted molar refractivity (Wildman–Crippen MR) is 128 cm³/mol. The maximum Gasteiger partial charge on any atom is 0.277 e. The number of aromatic nitrogens is 2. The lowest BCUT2D eigenvalue weighted by atomic mass is 9.85. The van der Waals surface area contributed by atoms with Crippen LogP contribution in [-0.4, -0.2) is 27.6 Å². The fourth-order valence-electron chi connectivity index (χ4n) is 4.56. The van der Waals surface area contributed by atoms with Crippen LogP contribution in [0.1, 0.15) is 35.3 Å². The van der Waals surface area contributed by atoms with Crippen LogP contribution in [0, 0.1) is 0 Å². The molecule has 6 nitrogen and oxygen atoms in total. The summed E-state index contributed by atoms with van der Waals surface area (Å²) < 4.78 is 1.69. The first kappa shape index (κ1) is 20.7. The summed E-state index contributed by atoms with van der Waals surface area (Å²) in [7, 11) is 0. The molecule has 6 heteroatoms. The van der Waals surface area contributed by atoms with Crippen molar-refractivity contribution < 1.29 is 9.59 Å². The van der Waals surface area contributed by atoms with E-state index in [0.717, 1.165) is 22.5 Å². The van der Waals surface area contributed by atoms with Crippen LogP contribution in [0.3, 0.4) is 0 Å². The number of carbonyl (C=O) groups is 2. The largest absolute Gasteiger partial charge is 0.369 e. The highest BCUT2D eigenvalue weighted by atomic mass is 16.2. The van der Waals surface area contributed by atoms with Crippen molar-refractivity contribution in [3.05, 3.63) is 102 Å². The first-order valence-corrected chi connectivity index (χ1v) is 11.0. The predicted octanol–water partition coefficient (Wildman–Crippen LogP) is 4.55. The fraction of sp³-hybridized carbons (Fsp3) is 0.148. The highest BCUT2D eigenvalue weighted by Crippen LogP contribution is 2.39. The van der Waals surface area contributed by atoms with Gasteiger partial charge < -0.3 is 10.6 Å². The lowest BCUT2D eigenvalue weighted by molar-refractivity contribution is -0.119. The van der Waals surface area contributed by atoms with Crippen LogP contribution in [0.4, 0.5) is 5.69 Å². The number of nitrogens with zero attached hydrogens (tertiary/aromatic N) is 3. The number of anilines is 1. The molecular weight excluding hydrogens is 412 g/mol. The summed E-state index contributed by atoms with van der Waals surface area (Å²) in [4.78, 5) is 27.9. The number of nitrogens with two attached hydrogens (primary N) is 1. The zero-order valence-corrected chi connectivity index (χ0v) is 18.3. The van der Waals surface area contributed by atoms with Crippen molar-refractivity contribution >= 4 is 17.5 Å². The van der Waals surface area contributed by atoms with E-state index in [-0.39, 0.29) is 17.9 Å². The molecule has 33 heavy (non-hydrogen) atoms. The van der Waals surface area contributed by atoms with Gasteiger partial charge in [0.05, 0.1) is 17.3 Å². The number of fused-ring (bicyclic) bond motifs is 1. The van der Waals surface area contributed by atoms with Crippen LogP contribution >= 0.6 is 0 Å². The minimum Gasteiger partial charge on any atom is -0.369 e. The molecule has 0 saturated heterocycles. The maximum absolute atomic E-state index is 14.0. The van der Waals surface area contributed by atoms with E-state index < -0.39 is 5.92 Å². The zero-order chi connectivity index (χ0) is 22.9. The molecule has 0 fully saturated rings. The summed E-state index contributed by atoms with van der Waals surface area (Å²) in [6, 6.07) is 28.5. The van der Waals surface area contributed by atoms with E-state index in [1.807, 2.05) is 97.9 Å². The Hall–Kier alpha value is -4.19. The zero-order valence-electron chi connectivity index (χ0n) is 18.3. The van der Waals surface area contributed by atoms with Crippen molar-refractivity contribution in [1.29, 1.82) is 0 Å². The number of primary amides is 1. The second kappa shape index (κ2) is 8.39. The van der Waals surface area contributed by atoms with Crippen LogP contribution in [0.2, 0.25) is 0 Å². The number of rotatable bonds is 4. The first-order valence-electron chi connectivity index (χ1n) is 11.0. The third-order valence-electron chi connectivity index (χ3n) is 6.15. The number of carbonyl (C=O) groups excluding carboxylic acids is 2. The van der Waals surface area contributed by atoms with Crippen LogP contribution < -0.4 is 10.6 Å². The van der Waals surface area contributed by atoms with Crippen LogP contribution in [0.5, 0.6) is 0 Å². The van der Waals surface area contributed by atoms with Gasteiger partial charge in [0.2, 0.25) is 5.91 Å². The van der Waals surface area contributed by atoms with Crippen LogP contribution in [0.15, 0.2) is 91.0 Å². The Morgan fingerprint density at radius 3 is 2.24 bits per heavy atom. The van der Waals surface area contributed by atoms with Gasteiger partial charge in [-0.25, -0.2) is 4.68 Å². The Balaban J connectivity index is 1.64. The van der Waals surface area contributed by atoms with E-state index in [2.05, 4.69) is 0 Å². The first-order chi connectivity index (χ1) is 16.0. The topological polar surface area (TPSA) is 81.2 Å². The molecular formula is C27H24N4O2. The molecule has 2 heterocycles. The van der Waals surface area contributed by atoms with Crippen molar-refractivity contribution in [2.24, 2.45) is 5.73 Å². The molecule has 0 unspecified atom stereocenters. The molecule has 0 aliphatic carbocycles. The highest BCUT2D eigenvalue weighted by molar-refractivity contribution is 6.08. The van der Waals surface area contributed by atoms with Gasteiger partial charge in [-0.15, -0.1) is 0 Å². The molecule has 1 aliphatic heterocycles. The Morgan fingerprint density at radius 2 is 1.55 bits per heavy atom. The average Bonchev–Trinajstić information content (AvgIpc) is 3.30. The van der Waals surface area contributed by atoms with Gasteiger partial charge in [-0.1, -0.05) is 66.7 Å². The molecule has 0 saturated carbocycles. The smallest absolute Gasteiger partial charge is 0.277 e. The van der Waals surface area contributed by atoms with E-state index in [9.17, 15) is 9.59 Å². The molecule has 1 aliphatic rings. The number of benzene rings is 3. The average molecular weight is 437 g/mol. The summed E-state index contributed by atoms with van der Waals surface area (Å²) in [5.41, 5.74) is 10.1.